The molecule has 1 aromatic carbocycles. The molecule has 5 rings (SSSR count). The van der Waals surface area contributed by atoms with Gasteiger partial charge in [-0.2, -0.15) is 0 Å². The second-order valence-corrected chi connectivity index (χ2v) is 9.28. The van der Waals surface area contributed by atoms with E-state index in [0.717, 1.165) is 19.6 Å². The Labute approximate surface area is 192 Å². The second kappa shape index (κ2) is 8.35. The molecule has 3 aliphatic rings. The maximum absolute atomic E-state index is 13.1. The number of nitrogens with zero attached hydrogens (tertiary/aromatic N) is 3. The monoisotopic (exact) mass is 448 g/mol. The summed E-state index contributed by atoms with van der Waals surface area (Å²) < 4.78 is 0. The first kappa shape index (κ1) is 21.7. The third-order valence-corrected chi connectivity index (χ3v) is 7.16. The van der Waals surface area contributed by atoms with Gasteiger partial charge in [-0.1, -0.05) is 30.3 Å². The first-order valence-electron chi connectivity index (χ1n) is 11.5. The van der Waals surface area contributed by atoms with E-state index in [4.69, 9.17) is 4.98 Å². The van der Waals surface area contributed by atoms with E-state index >= 15 is 0 Å². The van der Waals surface area contributed by atoms with Gasteiger partial charge >= 0.3 is 0 Å². The van der Waals surface area contributed by atoms with Gasteiger partial charge in [0.15, 0.2) is 0 Å². The van der Waals surface area contributed by atoms with Crippen LogP contribution in [0.1, 0.15) is 66.0 Å². The van der Waals surface area contributed by atoms with Crippen LogP contribution in [0.25, 0.3) is 0 Å². The van der Waals surface area contributed by atoms with Gasteiger partial charge in [-0.25, -0.2) is 0 Å². The predicted molar refractivity (Wildman–Crippen MR) is 120 cm³/mol. The molecule has 0 aliphatic carbocycles. The first-order chi connectivity index (χ1) is 15.9. The number of rotatable bonds is 4. The number of fused-ring (bicyclic) bond motifs is 1. The summed E-state index contributed by atoms with van der Waals surface area (Å²) in [4.78, 5) is 45.6. The topological polar surface area (TPSA) is 103 Å². The van der Waals surface area contributed by atoms with Gasteiger partial charge in [-0.3, -0.25) is 29.6 Å². The summed E-state index contributed by atoms with van der Waals surface area (Å²) in [6, 6.07) is 12.7. The number of nitrogens with one attached hydrogen (secondary N) is 1. The van der Waals surface area contributed by atoms with Crippen molar-refractivity contribution in [2.45, 2.75) is 56.8 Å². The highest BCUT2D eigenvalue weighted by Crippen LogP contribution is 2.38. The highest BCUT2D eigenvalue weighted by Gasteiger charge is 2.45. The zero-order valence-corrected chi connectivity index (χ0v) is 18.7. The van der Waals surface area contributed by atoms with Gasteiger partial charge in [0, 0.05) is 26.1 Å². The number of hydrogen-bond acceptors (Lipinski definition) is 6. The van der Waals surface area contributed by atoms with Crippen molar-refractivity contribution in [2.75, 3.05) is 13.1 Å². The van der Waals surface area contributed by atoms with Crippen molar-refractivity contribution in [2.24, 2.45) is 0 Å². The van der Waals surface area contributed by atoms with Gasteiger partial charge in [-0.15, -0.1) is 0 Å². The number of likely N-dealkylation sites (tertiary alicyclic amines) is 1. The van der Waals surface area contributed by atoms with Crippen LogP contribution in [0.4, 0.5) is 0 Å². The van der Waals surface area contributed by atoms with Crippen LogP contribution in [0, 0.1) is 0 Å². The largest absolute Gasteiger partial charge is 0.383 e. The van der Waals surface area contributed by atoms with Crippen molar-refractivity contribution >= 4 is 17.7 Å². The quantitative estimate of drug-likeness (QED) is 0.693. The minimum atomic E-state index is -1.05. The average Bonchev–Trinajstić information content (AvgIpc) is 3.06. The third-order valence-electron chi connectivity index (χ3n) is 7.16. The highest BCUT2D eigenvalue weighted by atomic mass is 16.3. The van der Waals surface area contributed by atoms with E-state index in [1.807, 2.05) is 25.1 Å². The van der Waals surface area contributed by atoms with Crippen LogP contribution in [0.15, 0.2) is 42.5 Å². The van der Waals surface area contributed by atoms with Crippen molar-refractivity contribution in [3.05, 3.63) is 65.0 Å². The minimum Gasteiger partial charge on any atom is -0.383 e. The molecule has 3 aliphatic heterocycles. The molecule has 33 heavy (non-hydrogen) atoms. The van der Waals surface area contributed by atoms with E-state index in [2.05, 4.69) is 22.3 Å². The molecule has 2 atom stereocenters. The summed E-state index contributed by atoms with van der Waals surface area (Å²) in [6.07, 6.45) is 1.64. The summed E-state index contributed by atoms with van der Waals surface area (Å²) in [7, 11) is 0. The van der Waals surface area contributed by atoms with Crippen molar-refractivity contribution < 1.29 is 19.5 Å². The summed E-state index contributed by atoms with van der Waals surface area (Å²) in [6.45, 7) is 4.19. The fraction of sp³-hybridized carbons (Fsp3) is 0.440. The number of carbonyl (C=O) groups is 3. The predicted octanol–water partition coefficient (Wildman–Crippen LogP) is 1.89. The Balaban J connectivity index is 1.32. The molecule has 2 fully saturated rings. The van der Waals surface area contributed by atoms with Gasteiger partial charge < -0.3 is 10.0 Å². The molecule has 0 bridgehead atoms. The molecule has 3 amide bonds. The van der Waals surface area contributed by atoms with E-state index in [1.54, 1.807) is 12.1 Å². The van der Waals surface area contributed by atoms with Crippen LogP contribution < -0.4 is 5.32 Å². The lowest BCUT2D eigenvalue weighted by molar-refractivity contribution is -0.137. The number of benzene rings is 1. The average molecular weight is 449 g/mol. The second-order valence-electron chi connectivity index (χ2n) is 9.28. The van der Waals surface area contributed by atoms with E-state index in [-0.39, 0.29) is 18.2 Å². The van der Waals surface area contributed by atoms with Crippen molar-refractivity contribution in [3.8, 4) is 0 Å². The zero-order valence-electron chi connectivity index (χ0n) is 18.7. The van der Waals surface area contributed by atoms with E-state index < -0.39 is 23.6 Å². The van der Waals surface area contributed by atoms with Gasteiger partial charge in [0.25, 0.3) is 5.91 Å². The zero-order chi connectivity index (χ0) is 23.2. The minimum absolute atomic E-state index is 0.209. The Morgan fingerprint density at radius 1 is 1.09 bits per heavy atom. The van der Waals surface area contributed by atoms with Crippen molar-refractivity contribution in [3.63, 3.8) is 0 Å². The van der Waals surface area contributed by atoms with Crippen LogP contribution in [0.2, 0.25) is 0 Å². The third kappa shape index (κ3) is 3.94. The summed E-state index contributed by atoms with van der Waals surface area (Å²) in [5.41, 5.74) is 1.82. The fourth-order valence-corrected chi connectivity index (χ4v) is 5.22. The molecule has 4 heterocycles. The normalized spacial score (nSPS) is 25.2. The van der Waals surface area contributed by atoms with Gasteiger partial charge in [0.2, 0.25) is 11.8 Å². The number of piperidine rings is 2. The Kier molecular flexibility index (Phi) is 5.50. The van der Waals surface area contributed by atoms with Crippen LogP contribution in [-0.4, -0.2) is 56.7 Å². The number of amides is 3. The van der Waals surface area contributed by atoms with Crippen LogP contribution in [0.3, 0.4) is 0 Å². The van der Waals surface area contributed by atoms with Crippen LogP contribution in [0.5, 0.6) is 0 Å². The molecule has 8 nitrogen and oxygen atoms in total. The number of imide groups is 1. The molecule has 1 aromatic heterocycles. The lowest BCUT2D eigenvalue weighted by Gasteiger charge is -2.38. The van der Waals surface area contributed by atoms with E-state index in [0.29, 0.717) is 36.2 Å². The number of aliphatic hydroxyl groups is 1. The molecular weight excluding hydrogens is 420 g/mol. The Hall–Kier alpha value is -3.10. The number of carbonyl (C=O) groups excluding carboxylic acids is 3. The van der Waals surface area contributed by atoms with Gasteiger partial charge in [-0.05, 0) is 43.9 Å². The molecule has 2 saturated heterocycles. The van der Waals surface area contributed by atoms with Gasteiger partial charge in [0.05, 0.1) is 23.0 Å². The van der Waals surface area contributed by atoms with Gasteiger partial charge in [0.1, 0.15) is 11.6 Å². The summed E-state index contributed by atoms with van der Waals surface area (Å²) in [5, 5.41) is 13.7. The van der Waals surface area contributed by atoms with E-state index in [9.17, 15) is 19.5 Å². The van der Waals surface area contributed by atoms with Crippen LogP contribution >= 0.6 is 0 Å². The molecule has 2 N–H and O–H groups in total. The Morgan fingerprint density at radius 2 is 1.82 bits per heavy atom. The molecular formula is C25H28N4O4. The van der Waals surface area contributed by atoms with E-state index in [1.165, 1.54) is 10.5 Å². The maximum atomic E-state index is 13.1. The summed E-state index contributed by atoms with van der Waals surface area (Å²) >= 11 is 0. The number of pyridine rings is 1. The Morgan fingerprint density at radius 3 is 2.52 bits per heavy atom. The highest BCUT2D eigenvalue weighted by molar-refractivity contribution is 6.05. The molecule has 0 unspecified atom stereocenters. The lowest BCUT2D eigenvalue weighted by Crippen LogP contribution is -2.53. The molecule has 172 valence electrons. The molecule has 0 saturated carbocycles. The fourth-order valence-electron chi connectivity index (χ4n) is 5.22. The standard InChI is InChI=1S/C25H28N4O4/c1-16-22-18(24(32)29(16)19-8-10-21(30)27-23(19)31)7-9-20(26-22)25(33)11-13-28(14-12-25)15-17-5-3-2-4-6-17/h2-7,9,16,19,33H,8,10-15H2,1H3,(H,27,30,31)/t16-,19-/m0/s1. The van der Waals surface area contributed by atoms with Crippen LogP contribution in [-0.2, 0) is 21.7 Å². The molecule has 0 radical (unpaired) electrons. The molecule has 0 spiro atoms. The van der Waals surface area contributed by atoms with Crippen molar-refractivity contribution in [1.29, 1.82) is 0 Å². The maximum Gasteiger partial charge on any atom is 0.257 e. The van der Waals surface area contributed by atoms with Crippen molar-refractivity contribution in [1.82, 2.24) is 20.1 Å². The molecule has 8 heteroatoms. The Bertz CT molecular complexity index is 1090. The number of aromatic nitrogens is 1. The SMILES string of the molecule is C[C@H]1c2nc(C3(O)CCN(Cc4ccccc4)CC3)ccc2C(=O)N1[C@H]1CCC(=O)NC1=O. The smallest absolute Gasteiger partial charge is 0.257 e. The summed E-state index contributed by atoms with van der Waals surface area (Å²) in [5.74, 6) is -1.01. The first-order valence-corrected chi connectivity index (χ1v) is 11.5. The number of hydrogen-bond donors (Lipinski definition) is 2. The molecule has 2 aromatic rings. The lowest BCUT2D eigenvalue weighted by atomic mass is 9.87.